The molecule has 1 spiro atoms. The second kappa shape index (κ2) is 8.69. The van der Waals surface area contributed by atoms with E-state index in [-0.39, 0.29) is 30.8 Å². The van der Waals surface area contributed by atoms with Gasteiger partial charge in [0.15, 0.2) is 0 Å². The molecule has 0 atom stereocenters. The zero-order valence-electron chi connectivity index (χ0n) is 17.4. The van der Waals surface area contributed by atoms with Crippen molar-refractivity contribution in [3.63, 3.8) is 0 Å². The van der Waals surface area contributed by atoms with Crippen molar-refractivity contribution in [1.82, 2.24) is 4.90 Å². The highest BCUT2D eigenvalue weighted by molar-refractivity contribution is 6.33. The number of hydrogen-bond acceptors (Lipinski definition) is 4. The van der Waals surface area contributed by atoms with Gasteiger partial charge in [0.1, 0.15) is 5.54 Å². The molecule has 2 aromatic rings. The number of carbonyl (C=O) groups is 3. The number of likely N-dealkylation sites (N-methyl/N-ethyl adjacent to an activating group) is 1. The second-order valence-corrected chi connectivity index (χ2v) is 8.55. The Morgan fingerprint density at radius 2 is 1.77 bits per heavy atom. The summed E-state index contributed by atoms with van der Waals surface area (Å²) < 4.78 is 0. The van der Waals surface area contributed by atoms with Gasteiger partial charge in [0.2, 0.25) is 11.8 Å². The molecule has 8 heteroatoms. The van der Waals surface area contributed by atoms with Crippen molar-refractivity contribution < 1.29 is 14.4 Å². The van der Waals surface area contributed by atoms with Crippen LogP contribution in [0.2, 0.25) is 5.02 Å². The van der Waals surface area contributed by atoms with Crippen molar-refractivity contribution in [2.45, 2.75) is 31.2 Å². The molecule has 0 saturated heterocycles. The van der Waals surface area contributed by atoms with E-state index < -0.39 is 5.54 Å². The highest BCUT2D eigenvalue weighted by Crippen LogP contribution is 2.45. The van der Waals surface area contributed by atoms with E-state index in [9.17, 15) is 14.4 Å². The topological polar surface area (TPSA) is 81.8 Å². The van der Waals surface area contributed by atoms with Gasteiger partial charge in [-0.1, -0.05) is 48.7 Å². The fourth-order valence-corrected chi connectivity index (χ4v) is 4.67. The van der Waals surface area contributed by atoms with Gasteiger partial charge in [-0.2, -0.15) is 0 Å². The summed E-state index contributed by atoms with van der Waals surface area (Å²) in [4.78, 5) is 42.2. The molecule has 2 aromatic carbocycles. The molecule has 0 aromatic heterocycles. The first-order valence-electron chi connectivity index (χ1n) is 10.4. The maximum absolute atomic E-state index is 13.4. The fourth-order valence-electron chi connectivity index (χ4n) is 4.48. The van der Waals surface area contributed by atoms with Crippen molar-refractivity contribution in [3.05, 3.63) is 53.6 Å². The minimum Gasteiger partial charge on any atom is -0.324 e. The van der Waals surface area contributed by atoms with Crippen LogP contribution in [-0.4, -0.2) is 48.3 Å². The lowest BCUT2D eigenvalue weighted by atomic mass is 9.89. The molecule has 1 aliphatic carbocycles. The molecule has 2 N–H and O–H groups in total. The molecule has 31 heavy (non-hydrogen) atoms. The van der Waals surface area contributed by atoms with Gasteiger partial charge < -0.3 is 10.6 Å². The van der Waals surface area contributed by atoms with E-state index in [2.05, 4.69) is 10.6 Å². The van der Waals surface area contributed by atoms with E-state index in [0.29, 0.717) is 34.9 Å². The van der Waals surface area contributed by atoms with Crippen LogP contribution in [0, 0.1) is 0 Å². The van der Waals surface area contributed by atoms with Gasteiger partial charge in [0.25, 0.3) is 5.91 Å². The van der Waals surface area contributed by atoms with Crippen LogP contribution in [0.25, 0.3) is 0 Å². The number of anilines is 3. The van der Waals surface area contributed by atoms with Crippen molar-refractivity contribution in [3.8, 4) is 0 Å². The van der Waals surface area contributed by atoms with Crippen LogP contribution in [0.4, 0.5) is 17.1 Å². The zero-order chi connectivity index (χ0) is 22.0. The lowest BCUT2D eigenvalue weighted by Gasteiger charge is -2.44. The van der Waals surface area contributed by atoms with Gasteiger partial charge in [-0.25, -0.2) is 0 Å². The summed E-state index contributed by atoms with van der Waals surface area (Å²) in [7, 11) is 1.71. The molecule has 3 amide bonds. The van der Waals surface area contributed by atoms with E-state index >= 15 is 0 Å². The number of fused-ring (bicyclic) bond motifs is 1. The quantitative estimate of drug-likeness (QED) is 0.745. The van der Waals surface area contributed by atoms with Gasteiger partial charge in [0.05, 0.1) is 35.2 Å². The highest BCUT2D eigenvalue weighted by atomic mass is 35.5. The van der Waals surface area contributed by atoms with Gasteiger partial charge in [-0.05, 0) is 44.2 Å². The van der Waals surface area contributed by atoms with Crippen molar-refractivity contribution >= 4 is 46.4 Å². The molecule has 1 aliphatic heterocycles. The molecule has 1 saturated carbocycles. The van der Waals surface area contributed by atoms with Crippen LogP contribution in [0.3, 0.4) is 0 Å². The van der Waals surface area contributed by atoms with E-state index in [1.165, 1.54) is 0 Å². The molecule has 0 radical (unpaired) electrons. The van der Waals surface area contributed by atoms with Gasteiger partial charge >= 0.3 is 0 Å². The smallest absolute Gasteiger partial charge is 0.250 e. The number of benzene rings is 2. The molecule has 162 valence electrons. The summed E-state index contributed by atoms with van der Waals surface area (Å²) >= 11 is 6.09. The molecule has 1 fully saturated rings. The maximum Gasteiger partial charge on any atom is 0.250 e. The lowest BCUT2D eigenvalue weighted by molar-refractivity contribution is -0.128. The SMILES string of the molecule is CN(CC(=O)Nc1ccccc1Cl)CC(=O)N1c2ccccc2NC(=O)C12CCCC2. The monoisotopic (exact) mass is 440 g/mol. The Balaban J connectivity index is 1.49. The van der Waals surface area contributed by atoms with Crippen LogP contribution in [0.15, 0.2) is 48.5 Å². The largest absolute Gasteiger partial charge is 0.324 e. The number of rotatable bonds is 5. The van der Waals surface area contributed by atoms with Crippen molar-refractivity contribution in [1.29, 1.82) is 0 Å². The minimum atomic E-state index is -0.855. The van der Waals surface area contributed by atoms with E-state index in [1.54, 1.807) is 47.2 Å². The highest BCUT2D eigenvalue weighted by Gasteiger charge is 2.52. The molecule has 0 bridgehead atoms. The number of para-hydroxylation sites is 3. The third kappa shape index (κ3) is 4.16. The summed E-state index contributed by atoms with van der Waals surface area (Å²) in [5.74, 6) is -0.593. The Bertz CT molecular complexity index is 1020. The summed E-state index contributed by atoms with van der Waals surface area (Å²) in [5, 5.41) is 6.19. The van der Waals surface area contributed by atoms with Gasteiger partial charge in [0, 0.05) is 0 Å². The molecular formula is C23H25ClN4O3. The fraction of sp³-hybridized carbons (Fsp3) is 0.348. The van der Waals surface area contributed by atoms with E-state index in [0.717, 1.165) is 12.8 Å². The summed E-state index contributed by atoms with van der Waals surface area (Å²) in [6.45, 7) is 0.0327. The molecule has 0 unspecified atom stereocenters. The Hall–Kier alpha value is -2.90. The van der Waals surface area contributed by atoms with Crippen LogP contribution in [-0.2, 0) is 14.4 Å². The van der Waals surface area contributed by atoms with E-state index in [4.69, 9.17) is 11.6 Å². The molecule has 4 rings (SSSR count). The Morgan fingerprint density at radius 3 is 2.52 bits per heavy atom. The predicted octanol–water partition coefficient (Wildman–Crippen LogP) is 3.51. The lowest BCUT2D eigenvalue weighted by Crippen LogP contribution is -2.62. The molecule has 1 heterocycles. The Kier molecular flexibility index (Phi) is 5.98. The number of hydrogen-bond donors (Lipinski definition) is 2. The first-order valence-corrected chi connectivity index (χ1v) is 10.7. The number of carbonyl (C=O) groups excluding carboxylic acids is 3. The average molecular weight is 441 g/mol. The first kappa shape index (κ1) is 21.3. The zero-order valence-corrected chi connectivity index (χ0v) is 18.1. The third-order valence-corrected chi connectivity index (χ3v) is 6.22. The standard InChI is InChI=1S/C23H25ClN4O3/c1-27(14-20(29)25-17-9-3-2-8-16(17)24)15-21(30)28-19-11-5-4-10-18(19)26-22(31)23(28)12-6-7-13-23/h2-5,8-11H,6-7,12-15H2,1H3,(H,25,29)(H,26,31). The number of halogens is 1. The van der Waals surface area contributed by atoms with Crippen LogP contribution in [0.5, 0.6) is 0 Å². The third-order valence-electron chi connectivity index (χ3n) is 5.89. The van der Waals surface area contributed by atoms with Crippen LogP contribution >= 0.6 is 11.6 Å². The number of nitrogens with one attached hydrogen (secondary N) is 2. The van der Waals surface area contributed by atoms with E-state index in [1.807, 2.05) is 18.2 Å². The Labute approximate surface area is 186 Å². The summed E-state index contributed by atoms with van der Waals surface area (Å²) in [5.41, 5.74) is 1.02. The van der Waals surface area contributed by atoms with Crippen molar-refractivity contribution in [2.75, 3.05) is 35.7 Å². The summed E-state index contributed by atoms with van der Waals surface area (Å²) in [6.07, 6.45) is 3.07. The first-order chi connectivity index (χ1) is 14.9. The molecule has 2 aliphatic rings. The average Bonchev–Trinajstić information content (AvgIpc) is 3.20. The molecular weight excluding hydrogens is 416 g/mol. The normalized spacial score (nSPS) is 16.9. The minimum absolute atomic E-state index is 0.0132. The molecule has 7 nitrogen and oxygen atoms in total. The second-order valence-electron chi connectivity index (χ2n) is 8.14. The Morgan fingerprint density at radius 1 is 1.10 bits per heavy atom. The number of nitrogens with zero attached hydrogens (tertiary/aromatic N) is 2. The van der Waals surface area contributed by atoms with Gasteiger partial charge in [-0.3, -0.25) is 24.2 Å². The van der Waals surface area contributed by atoms with Crippen LogP contribution < -0.4 is 15.5 Å². The maximum atomic E-state index is 13.4. The van der Waals surface area contributed by atoms with Gasteiger partial charge in [-0.15, -0.1) is 0 Å². The van der Waals surface area contributed by atoms with Crippen LogP contribution in [0.1, 0.15) is 25.7 Å². The number of amides is 3. The summed E-state index contributed by atoms with van der Waals surface area (Å²) in [6, 6.07) is 14.3. The van der Waals surface area contributed by atoms with Crippen molar-refractivity contribution in [2.24, 2.45) is 0 Å². The predicted molar refractivity (Wildman–Crippen MR) is 121 cm³/mol.